The first kappa shape index (κ1) is 26.0. The summed E-state index contributed by atoms with van der Waals surface area (Å²) in [5.74, 6) is -1.40. The highest BCUT2D eigenvalue weighted by Gasteiger charge is 2.30. The summed E-state index contributed by atoms with van der Waals surface area (Å²) in [7, 11) is 0. The minimum Gasteiger partial charge on any atom is -0.505 e. The van der Waals surface area contributed by atoms with Gasteiger partial charge in [-0.1, -0.05) is 67.6 Å². The lowest BCUT2D eigenvalue weighted by Gasteiger charge is -2.18. The van der Waals surface area contributed by atoms with E-state index in [-0.39, 0.29) is 39.9 Å². The number of aromatic hydroxyl groups is 1. The quantitative estimate of drug-likeness (QED) is 0.143. The lowest BCUT2D eigenvalue weighted by Crippen LogP contribution is -2.13. The lowest BCUT2D eigenvalue weighted by atomic mass is 10.0. The molecule has 2 rings (SSSR count). The van der Waals surface area contributed by atoms with Crippen molar-refractivity contribution < 1.29 is 24.2 Å². The minimum absolute atomic E-state index is 0.0897. The summed E-state index contributed by atoms with van der Waals surface area (Å²) in [5, 5.41) is 10.4. The molecule has 0 amide bonds. The number of hydrogen-bond donors (Lipinski definition) is 2. The van der Waals surface area contributed by atoms with Crippen LogP contribution in [0.5, 0.6) is 23.0 Å². The van der Waals surface area contributed by atoms with Crippen LogP contribution in [0.4, 0.5) is 0 Å². The number of carbonyl (C=O) groups excluding carboxylic acids is 2. The molecule has 0 aliphatic rings. The summed E-state index contributed by atoms with van der Waals surface area (Å²) < 4.78 is 11.2. The molecule has 0 bridgehead atoms. The smallest absolute Gasteiger partial charge is 0.311 e. The Bertz CT molecular complexity index is 919. The van der Waals surface area contributed by atoms with E-state index in [0.717, 1.165) is 25.7 Å². The minimum atomic E-state index is -0.570. The number of hydrogen-bond acceptors (Lipinski definition) is 6. The van der Waals surface area contributed by atoms with Gasteiger partial charge in [0, 0.05) is 12.8 Å². The second-order valence-electron chi connectivity index (χ2n) is 7.38. The number of ketones is 1. The summed E-state index contributed by atoms with van der Waals surface area (Å²) >= 11 is 12.8. The maximum absolute atomic E-state index is 12.9. The van der Waals surface area contributed by atoms with Gasteiger partial charge in [-0.25, -0.2) is 0 Å². The van der Waals surface area contributed by atoms with Crippen molar-refractivity contribution in [2.45, 2.75) is 58.3 Å². The highest BCUT2D eigenvalue weighted by molar-refractivity contribution is 6.40. The summed E-state index contributed by atoms with van der Waals surface area (Å²) in [6, 6.07) is 8.67. The number of nitrogens with two attached hydrogens (primary N) is 1. The molecule has 0 radical (unpaired) electrons. The van der Waals surface area contributed by atoms with E-state index in [2.05, 4.69) is 0 Å². The maximum atomic E-state index is 12.9. The van der Waals surface area contributed by atoms with Gasteiger partial charge in [0.05, 0.1) is 0 Å². The lowest BCUT2D eigenvalue weighted by molar-refractivity contribution is -0.134. The largest absolute Gasteiger partial charge is 0.505 e. The monoisotopic (exact) mass is 481 g/mol. The molecule has 2 aromatic rings. The van der Waals surface area contributed by atoms with E-state index in [1.165, 1.54) is 0 Å². The number of para-hydroxylation sites is 1. The third-order valence-electron chi connectivity index (χ3n) is 4.82. The van der Waals surface area contributed by atoms with Gasteiger partial charge < -0.3 is 20.3 Å². The molecule has 0 saturated heterocycles. The van der Waals surface area contributed by atoms with E-state index in [1.54, 1.807) is 24.3 Å². The molecule has 0 aliphatic heterocycles. The molecule has 0 fully saturated rings. The van der Waals surface area contributed by atoms with E-state index in [4.69, 9.17) is 38.4 Å². The molecule has 0 heterocycles. The average molecular weight is 482 g/mol. The molecule has 8 heteroatoms. The number of esters is 1. The Kier molecular flexibility index (Phi) is 10.8. The van der Waals surface area contributed by atoms with Gasteiger partial charge in [-0.2, -0.15) is 0 Å². The van der Waals surface area contributed by atoms with Gasteiger partial charge in [0.15, 0.2) is 23.0 Å². The Labute approximate surface area is 198 Å². The van der Waals surface area contributed by atoms with Crippen molar-refractivity contribution in [2.24, 2.45) is 5.73 Å². The predicted octanol–water partition coefficient (Wildman–Crippen LogP) is 6.68. The van der Waals surface area contributed by atoms with Crippen molar-refractivity contribution in [3.8, 4) is 23.0 Å². The fraction of sp³-hybridized carbons (Fsp3) is 0.417. The number of halogens is 2. The number of phenols is 1. The van der Waals surface area contributed by atoms with Gasteiger partial charge >= 0.3 is 5.97 Å². The van der Waals surface area contributed by atoms with Crippen molar-refractivity contribution in [3.05, 3.63) is 45.9 Å². The van der Waals surface area contributed by atoms with Gasteiger partial charge in [0.25, 0.3) is 0 Å². The maximum Gasteiger partial charge on any atom is 0.311 e. The Morgan fingerprint density at radius 1 is 0.938 bits per heavy atom. The number of carbonyl (C=O) groups is 2. The van der Waals surface area contributed by atoms with Crippen molar-refractivity contribution >= 4 is 35.0 Å². The van der Waals surface area contributed by atoms with Crippen LogP contribution >= 0.6 is 23.2 Å². The molecule has 174 valence electrons. The fourth-order valence-corrected chi connectivity index (χ4v) is 3.64. The molecular formula is C24H29Cl2NO5. The van der Waals surface area contributed by atoms with E-state index in [1.807, 2.05) is 13.0 Å². The van der Waals surface area contributed by atoms with Crippen LogP contribution < -0.4 is 15.2 Å². The van der Waals surface area contributed by atoms with Crippen LogP contribution in [0.25, 0.3) is 0 Å². The first-order chi connectivity index (χ1) is 15.4. The highest BCUT2D eigenvalue weighted by Crippen LogP contribution is 2.50. The average Bonchev–Trinajstić information content (AvgIpc) is 2.79. The standard InChI is InChI=1S/C24H29Cl2NO5/c1-2-3-6-13-17(28)19-22(30)20(25)24(31-16-11-7-4-8-12-16)21(26)23(19)32-18(29)14-9-5-10-15-27/h4,7-8,11-12,30H,2-3,5-6,9-10,13-15,27H2,1H3. The van der Waals surface area contributed by atoms with Crippen molar-refractivity contribution in [3.63, 3.8) is 0 Å². The zero-order valence-corrected chi connectivity index (χ0v) is 19.7. The number of benzene rings is 2. The fourth-order valence-electron chi connectivity index (χ4n) is 3.10. The third-order valence-corrected chi connectivity index (χ3v) is 5.51. The van der Waals surface area contributed by atoms with Crippen LogP contribution in [0.1, 0.15) is 68.6 Å². The molecule has 32 heavy (non-hydrogen) atoms. The SMILES string of the molecule is CCCCCC(=O)c1c(O)c(Cl)c(Oc2ccccc2)c(Cl)c1OC(=O)CCCCCN. The van der Waals surface area contributed by atoms with Gasteiger partial charge in [0.2, 0.25) is 0 Å². The topological polar surface area (TPSA) is 98.9 Å². The van der Waals surface area contributed by atoms with E-state index in [9.17, 15) is 14.7 Å². The van der Waals surface area contributed by atoms with Crippen molar-refractivity contribution in [1.82, 2.24) is 0 Å². The van der Waals surface area contributed by atoms with Crippen molar-refractivity contribution in [1.29, 1.82) is 0 Å². The van der Waals surface area contributed by atoms with E-state index in [0.29, 0.717) is 25.1 Å². The first-order valence-electron chi connectivity index (χ1n) is 10.8. The van der Waals surface area contributed by atoms with Crippen LogP contribution in [0.2, 0.25) is 10.0 Å². The molecular weight excluding hydrogens is 453 g/mol. The van der Waals surface area contributed by atoms with Gasteiger partial charge in [-0.3, -0.25) is 9.59 Å². The van der Waals surface area contributed by atoms with Crippen LogP contribution in [-0.4, -0.2) is 23.4 Å². The van der Waals surface area contributed by atoms with Crippen LogP contribution in [-0.2, 0) is 4.79 Å². The Balaban J connectivity index is 2.42. The molecule has 2 aromatic carbocycles. The molecule has 0 unspecified atom stereocenters. The van der Waals surface area contributed by atoms with Gasteiger partial charge in [0.1, 0.15) is 21.4 Å². The normalized spacial score (nSPS) is 10.8. The molecule has 6 nitrogen and oxygen atoms in total. The number of Topliss-reactive ketones (excluding diaryl/α,β-unsaturated/α-hetero) is 1. The van der Waals surface area contributed by atoms with Crippen LogP contribution in [0, 0.1) is 0 Å². The summed E-state index contributed by atoms with van der Waals surface area (Å²) in [6.45, 7) is 2.56. The molecule has 0 atom stereocenters. The first-order valence-corrected chi connectivity index (χ1v) is 11.6. The Hall–Kier alpha value is -2.28. The summed E-state index contributed by atoms with van der Waals surface area (Å²) in [6.07, 6.45) is 4.84. The van der Waals surface area contributed by atoms with Crippen LogP contribution in [0.15, 0.2) is 30.3 Å². The zero-order chi connectivity index (χ0) is 23.5. The molecule has 0 saturated carbocycles. The Morgan fingerprint density at radius 3 is 2.28 bits per heavy atom. The van der Waals surface area contributed by atoms with Crippen LogP contribution in [0.3, 0.4) is 0 Å². The third kappa shape index (κ3) is 7.12. The second-order valence-corrected chi connectivity index (χ2v) is 8.13. The second kappa shape index (κ2) is 13.3. The highest BCUT2D eigenvalue weighted by atomic mass is 35.5. The zero-order valence-electron chi connectivity index (χ0n) is 18.2. The number of unbranched alkanes of at least 4 members (excludes halogenated alkanes) is 4. The van der Waals surface area contributed by atoms with Gasteiger partial charge in [-0.05, 0) is 37.9 Å². The molecule has 0 aliphatic carbocycles. The molecule has 3 N–H and O–H groups in total. The predicted molar refractivity (Wildman–Crippen MR) is 126 cm³/mol. The van der Waals surface area contributed by atoms with E-state index < -0.39 is 17.5 Å². The Morgan fingerprint density at radius 2 is 1.62 bits per heavy atom. The summed E-state index contributed by atoms with van der Waals surface area (Å²) in [4.78, 5) is 25.3. The van der Waals surface area contributed by atoms with E-state index >= 15 is 0 Å². The van der Waals surface area contributed by atoms with Gasteiger partial charge in [-0.15, -0.1) is 0 Å². The number of ether oxygens (including phenoxy) is 2. The summed E-state index contributed by atoms with van der Waals surface area (Å²) in [5.41, 5.74) is 5.28. The molecule has 0 spiro atoms. The number of phenolic OH excluding ortho intramolecular Hbond substituents is 1. The van der Waals surface area contributed by atoms with Crippen molar-refractivity contribution in [2.75, 3.05) is 6.54 Å². The molecule has 0 aromatic heterocycles. The number of rotatable bonds is 13.